The number of aliphatic hydroxyl groups is 1. The fourth-order valence-electron chi connectivity index (χ4n) is 4.65. The minimum absolute atomic E-state index is 0.00351. The Labute approximate surface area is 234 Å². The van der Waals surface area contributed by atoms with Crippen LogP contribution in [0.5, 0.6) is 5.75 Å². The van der Waals surface area contributed by atoms with Crippen molar-refractivity contribution >= 4 is 40.4 Å². The van der Waals surface area contributed by atoms with Crippen LogP contribution in [-0.4, -0.2) is 43.4 Å². The lowest BCUT2D eigenvalue weighted by Crippen LogP contribution is -2.29. The minimum Gasteiger partial charge on any atom is -0.507 e. The van der Waals surface area contributed by atoms with Gasteiger partial charge in [-0.25, -0.2) is 0 Å². The third kappa shape index (κ3) is 5.86. The lowest BCUT2D eigenvalue weighted by molar-refractivity contribution is -0.132. The number of benzene rings is 3. The molecule has 1 fully saturated rings. The molecule has 1 aliphatic rings. The van der Waals surface area contributed by atoms with Crippen molar-refractivity contribution in [2.45, 2.75) is 33.7 Å². The van der Waals surface area contributed by atoms with E-state index in [2.05, 4.69) is 19.2 Å². The number of rotatable bonds is 8. The van der Waals surface area contributed by atoms with E-state index in [-0.39, 0.29) is 17.2 Å². The number of nitrogens with one attached hydrogen (secondary N) is 1. The standard InChI is InChI=1S/C32H35N3O5/c1-19(2)18-40-27-16-9-23(17-20(27)3)30(37)28-29(22-7-12-25(13-8-22)34(5)6)35(32(39)31(28)38)26-14-10-24(11-15-26)33-21(4)36/h7-17,19,29,37H,18H2,1-6H3,(H,33,36)/b30-28-. The van der Waals surface area contributed by atoms with Crippen molar-refractivity contribution in [3.05, 3.63) is 89.0 Å². The SMILES string of the molecule is CC(=O)Nc1ccc(N2C(=O)C(=O)/C(=C(\O)c3ccc(OCC(C)C)c(C)c3)C2c2ccc(N(C)C)cc2)cc1. The highest BCUT2D eigenvalue weighted by Crippen LogP contribution is 2.43. The number of anilines is 3. The molecule has 3 aromatic rings. The van der Waals surface area contributed by atoms with Crippen molar-refractivity contribution in [2.75, 3.05) is 35.8 Å². The van der Waals surface area contributed by atoms with Crippen LogP contribution < -0.4 is 19.9 Å². The average Bonchev–Trinajstić information content (AvgIpc) is 3.17. The van der Waals surface area contributed by atoms with Gasteiger partial charge >= 0.3 is 0 Å². The summed E-state index contributed by atoms with van der Waals surface area (Å²) in [6.45, 7) is 7.97. The Morgan fingerprint density at radius 1 is 1.02 bits per heavy atom. The predicted octanol–water partition coefficient (Wildman–Crippen LogP) is 5.68. The fourth-order valence-corrected chi connectivity index (χ4v) is 4.65. The maximum Gasteiger partial charge on any atom is 0.300 e. The molecule has 4 rings (SSSR count). The maximum absolute atomic E-state index is 13.5. The first-order valence-corrected chi connectivity index (χ1v) is 13.2. The van der Waals surface area contributed by atoms with Crippen molar-refractivity contribution in [2.24, 2.45) is 5.92 Å². The molecule has 1 unspecified atom stereocenters. The van der Waals surface area contributed by atoms with Crippen molar-refractivity contribution < 1.29 is 24.2 Å². The molecule has 208 valence electrons. The van der Waals surface area contributed by atoms with E-state index in [1.165, 1.54) is 11.8 Å². The van der Waals surface area contributed by atoms with Gasteiger partial charge in [-0.3, -0.25) is 19.3 Å². The summed E-state index contributed by atoms with van der Waals surface area (Å²) in [6, 6.07) is 18.5. The molecule has 1 aliphatic heterocycles. The van der Waals surface area contributed by atoms with Gasteiger partial charge < -0.3 is 20.1 Å². The summed E-state index contributed by atoms with van der Waals surface area (Å²) in [5.41, 5.74) is 3.88. The number of ketones is 1. The van der Waals surface area contributed by atoms with Crippen LogP contribution in [0.3, 0.4) is 0 Å². The Hall–Kier alpha value is -4.59. The monoisotopic (exact) mass is 541 g/mol. The van der Waals surface area contributed by atoms with Crippen molar-refractivity contribution in [3.8, 4) is 5.75 Å². The van der Waals surface area contributed by atoms with Crippen LogP contribution in [-0.2, 0) is 14.4 Å². The van der Waals surface area contributed by atoms with E-state index in [0.29, 0.717) is 40.8 Å². The number of Topliss-reactive ketones (excluding diaryl/α,β-unsaturated/α-hetero) is 1. The second kappa shape index (κ2) is 11.7. The van der Waals surface area contributed by atoms with Crippen molar-refractivity contribution in [1.29, 1.82) is 0 Å². The van der Waals surface area contributed by atoms with E-state index in [1.54, 1.807) is 42.5 Å². The molecule has 1 heterocycles. The van der Waals surface area contributed by atoms with Crippen molar-refractivity contribution in [1.82, 2.24) is 0 Å². The Bertz CT molecular complexity index is 1460. The summed E-state index contributed by atoms with van der Waals surface area (Å²) < 4.78 is 5.87. The number of ether oxygens (including phenoxy) is 1. The summed E-state index contributed by atoms with van der Waals surface area (Å²) in [4.78, 5) is 41.8. The van der Waals surface area contributed by atoms with Gasteiger partial charge in [0.15, 0.2) is 0 Å². The number of aliphatic hydroxyl groups excluding tert-OH is 1. The molecule has 0 aliphatic carbocycles. The van der Waals surface area contributed by atoms with Gasteiger partial charge in [0, 0.05) is 43.6 Å². The number of aryl methyl sites for hydroxylation is 1. The van der Waals surface area contributed by atoms with E-state index in [1.807, 2.05) is 50.2 Å². The molecular formula is C32H35N3O5. The van der Waals surface area contributed by atoms with Gasteiger partial charge in [-0.05, 0) is 78.6 Å². The Kier molecular flexibility index (Phi) is 8.28. The second-order valence-corrected chi connectivity index (χ2v) is 10.6. The quantitative estimate of drug-likeness (QED) is 0.216. The molecular weight excluding hydrogens is 506 g/mol. The molecule has 3 aromatic carbocycles. The summed E-state index contributed by atoms with van der Waals surface area (Å²) in [7, 11) is 3.85. The molecule has 0 saturated carbocycles. The highest BCUT2D eigenvalue weighted by molar-refractivity contribution is 6.51. The summed E-state index contributed by atoms with van der Waals surface area (Å²) >= 11 is 0. The molecule has 1 atom stereocenters. The average molecular weight is 542 g/mol. The molecule has 2 N–H and O–H groups in total. The van der Waals surface area contributed by atoms with Crippen LogP contribution in [0.4, 0.5) is 17.1 Å². The van der Waals surface area contributed by atoms with E-state index < -0.39 is 17.7 Å². The van der Waals surface area contributed by atoms with E-state index in [9.17, 15) is 19.5 Å². The first kappa shape index (κ1) is 28.4. The summed E-state index contributed by atoms with van der Waals surface area (Å²) in [5, 5.41) is 14.2. The number of hydrogen-bond donors (Lipinski definition) is 2. The number of carbonyl (C=O) groups is 3. The second-order valence-electron chi connectivity index (χ2n) is 10.6. The van der Waals surface area contributed by atoms with E-state index in [4.69, 9.17) is 4.74 Å². The van der Waals surface area contributed by atoms with Crippen LogP contribution in [0.1, 0.15) is 43.5 Å². The zero-order valence-electron chi connectivity index (χ0n) is 23.7. The lowest BCUT2D eigenvalue weighted by atomic mass is 9.94. The lowest BCUT2D eigenvalue weighted by Gasteiger charge is -2.26. The highest BCUT2D eigenvalue weighted by Gasteiger charge is 2.47. The smallest absolute Gasteiger partial charge is 0.300 e. The third-order valence-corrected chi connectivity index (χ3v) is 6.66. The van der Waals surface area contributed by atoms with Gasteiger partial charge in [0.1, 0.15) is 11.5 Å². The number of hydrogen-bond acceptors (Lipinski definition) is 6. The first-order chi connectivity index (χ1) is 19.0. The Balaban J connectivity index is 1.83. The molecule has 1 saturated heterocycles. The summed E-state index contributed by atoms with van der Waals surface area (Å²) in [5.74, 6) is -0.941. The highest BCUT2D eigenvalue weighted by atomic mass is 16.5. The van der Waals surface area contributed by atoms with Crippen LogP contribution in [0.2, 0.25) is 0 Å². The van der Waals surface area contributed by atoms with Crippen LogP contribution in [0.25, 0.3) is 5.76 Å². The molecule has 40 heavy (non-hydrogen) atoms. The van der Waals surface area contributed by atoms with E-state index in [0.717, 1.165) is 11.3 Å². The number of amides is 2. The maximum atomic E-state index is 13.5. The van der Waals surface area contributed by atoms with E-state index >= 15 is 0 Å². The number of carbonyl (C=O) groups excluding carboxylic acids is 3. The Morgan fingerprint density at radius 2 is 1.68 bits per heavy atom. The molecule has 8 heteroatoms. The minimum atomic E-state index is -0.861. The zero-order valence-corrected chi connectivity index (χ0v) is 23.7. The molecule has 0 bridgehead atoms. The number of nitrogens with zero attached hydrogens (tertiary/aromatic N) is 2. The molecule has 8 nitrogen and oxygen atoms in total. The molecule has 0 spiro atoms. The largest absolute Gasteiger partial charge is 0.507 e. The van der Waals surface area contributed by atoms with Gasteiger partial charge in [0.25, 0.3) is 11.7 Å². The van der Waals surface area contributed by atoms with Crippen LogP contribution in [0, 0.1) is 12.8 Å². The molecule has 0 radical (unpaired) electrons. The fraction of sp³-hybridized carbons (Fsp3) is 0.281. The van der Waals surface area contributed by atoms with Crippen LogP contribution >= 0.6 is 0 Å². The summed E-state index contributed by atoms with van der Waals surface area (Å²) in [6.07, 6.45) is 0. The topological polar surface area (TPSA) is 99.2 Å². The Morgan fingerprint density at radius 3 is 2.23 bits per heavy atom. The van der Waals surface area contributed by atoms with Gasteiger partial charge in [0.05, 0.1) is 18.2 Å². The van der Waals surface area contributed by atoms with Crippen LogP contribution in [0.15, 0.2) is 72.3 Å². The first-order valence-electron chi connectivity index (χ1n) is 13.2. The normalized spacial score (nSPS) is 16.4. The third-order valence-electron chi connectivity index (χ3n) is 6.66. The molecule has 0 aromatic heterocycles. The predicted molar refractivity (Wildman–Crippen MR) is 158 cm³/mol. The molecule has 2 amide bonds. The van der Waals surface area contributed by atoms with Crippen molar-refractivity contribution in [3.63, 3.8) is 0 Å². The van der Waals surface area contributed by atoms with Gasteiger partial charge in [-0.1, -0.05) is 26.0 Å². The van der Waals surface area contributed by atoms with Gasteiger partial charge in [-0.2, -0.15) is 0 Å². The van der Waals surface area contributed by atoms with Gasteiger partial charge in [-0.15, -0.1) is 0 Å². The van der Waals surface area contributed by atoms with Gasteiger partial charge in [0.2, 0.25) is 5.91 Å². The zero-order chi connectivity index (χ0) is 29.1.